The van der Waals surface area contributed by atoms with Crippen molar-refractivity contribution in [3.63, 3.8) is 0 Å². The van der Waals surface area contributed by atoms with E-state index in [2.05, 4.69) is 72.8 Å². The Morgan fingerprint density at radius 3 is 0.475 bits per heavy atom. The normalized spacial score (nSPS) is 12.1. The van der Waals surface area contributed by atoms with E-state index in [-0.39, 0.29) is 0 Å². The maximum absolute atomic E-state index is 7.20. The predicted molar refractivity (Wildman–Crippen MR) is 175 cm³/mol. The second-order valence-corrected chi connectivity index (χ2v) is 16.7. The van der Waals surface area contributed by atoms with Crippen LogP contribution in [0.4, 0.5) is 0 Å². The molecule has 6 aromatic rings. The van der Waals surface area contributed by atoms with Crippen molar-refractivity contribution in [2.75, 3.05) is 0 Å². The van der Waals surface area contributed by atoms with E-state index >= 15 is 0 Å². The largest absolute Gasteiger partial charge is 0.0810 e. The Morgan fingerprint density at radius 1 is 0.225 bits per heavy atom. The van der Waals surface area contributed by atoms with Gasteiger partial charge in [-0.2, -0.15) is 0 Å². The van der Waals surface area contributed by atoms with Gasteiger partial charge in [-0.15, -0.1) is 0 Å². The molecule has 0 spiro atoms. The highest BCUT2D eigenvalue weighted by Crippen LogP contribution is 2.72. The smallest absolute Gasteiger partial charge is 0.0116 e. The molecule has 0 nitrogen and oxygen atoms in total. The quantitative estimate of drug-likeness (QED) is 0.179. The minimum absolute atomic E-state index is 1.17. The first-order chi connectivity index (χ1) is 19.6. The third-order valence-corrected chi connectivity index (χ3v) is 15.1. The number of halogens is 2. The molecule has 0 fully saturated rings. The van der Waals surface area contributed by atoms with E-state index in [0.29, 0.717) is 0 Å². The summed E-state index contributed by atoms with van der Waals surface area (Å²) in [6.45, 7) is 0. The van der Waals surface area contributed by atoms with Gasteiger partial charge in [0.25, 0.3) is 0 Å². The summed E-state index contributed by atoms with van der Waals surface area (Å²) in [5.74, 6) is 0. The molecule has 0 N–H and O–H groups in total. The van der Waals surface area contributed by atoms with Crippen molar-refractivity contribution in [3.8, 4) is 0 Å². The van der Waals surface area contributed by atoms with E-state index in [4.69, 9.17) is 21.4 Å². The molecule has 0 saturated carbocycles. The van der Waals surface area contributed by atoms with Gasteiger partial charge in [-0.1, -0.05) is 149 Å². The average Bonchev–Trinajstić information content (AvgIpc) is 3.07. The molecule has 4 heteroatoms. The second-order valence-electron chi connectivity index (χ2n) is 8.95. The van der Waals surface area contributed by atoms with Gasteiger partial charge >= 0.3 is 0 Å². The Bertz CT molecular complexity index is 1260. The van der Waals surface area contributed by atoms with E-state index in [1.54, 1.807) is 0 Å². The van der Waals surface area contributed by atoms with Crippen LogP contribution in [0.25, 0.3) is 0 Å². The van der Waals surface area contributed by atoms with Crippen molar-refractivity contribution in [2.45, 2.75) is 29.4 Å². The molecule has 0 amide bonds. The molecule has 0 unspecified atom stereocenters. The molecule has 6 aromatic carbocycles. The number of hydrogen-bond donors (Lipinski definition) is 0. The van der Waals surface area contributed by atoms with E-state index in [1.165, 1.54) is 29.4 Å². The van der Waals surface area contributed by atoms with E-state index in [1.807, 2.05) is 109 Å². The van der Waals surface area contributed by atoms with Crippen LogP contribution in [0.1, 0.15) is 0 Å². The monoisotopic (exact) mass is 596 g/mol. The zero-order chi connectivity index (χ0) is 27.7. The van der Waals surface area contributed by atoms with Crippen molar-refractivity contribution < 1.29 is 0 Å². The third kappa shape index (κ3) is 6.01. The first-order valence-corrected chi connectivity index (χ1v) is 17.9. The van der Waals surface area contributed by atoms with Crippen LogP contribution in [0.15, 0.2) is 211 Å². The van der Waals surface area contributed by atoms with Crippen molar-refractivity contribution in [3.05, 3.63) is 182 Å². The molecular weight excluding hydrogens is 567 g/mol. The third-order valence-electron chi connectivity index (χ3n) is 6.41. The van der Waals surface area contributed by atoms with Gasteiger partial charge in [0.15, 0.2) is 0 Å². The van der Waals surface area contributed by atoms with Crippen molar-refractivity contribution in [1.29, 1.82) is 0 Å². The van der Waals surface area contributed by atoms with Crippen LogP contribution in [0.3, 0.4) is 0 Å². The summed E-state index contributed by atoms with van der Waals surface area (Å²) >= 11 is 0. The lowest BCUT2D eigenvalue weighted by Gasteiger charge is -2.34. The summed E-state index contributed by atoms with van der Waals surface area (Å²) < 4.78 is 0. The molecule has 0 aromatic heterocycles. The molecule has 0 saturated heterocycles. The van der Waals surface area contributed by atoms with Gasteiger partial charge in [0, 0.05) is 29.4 Å². The summed E-state index contributed by atoms with van der Waals surface area (Å²) in [6, 6.07) is 62.1. The van der Waals surface area contributed by atoms with Crippen LogP contribution in [0.2, 0.25) is 0 Å². The van der Waals surface area contributed by atoms with E-state index < -0.39 is 18.5 Å². The maximum Gasteiger partial charge on any atom is 0.0116 e. The average molecular weight is 598 g/mol. The molecule has 0 bridgehead atoms. The van der Waals surface area contributed by atoms with Crippen molar-refractivity contribution in [2.24, 2.45) is 0 Å². The minimum Gasteiger partial charge on any atom is -0.0810 e. The van der Waals surface area contributed by atoms with Crippen LogP contribution in [0.5, 0.6) is 0 Å². The fourth-order valence-corrected chi connectivity index (χ4v) is 11.1. The number of benzene rings is 6. The van der Waals surface area contributed by atoms with E-state index in [9.17, 15) is 0 Å². The zero-order valence-electron chi connectivity index (χ0n) is 21.9. The molecule has 6 rings (SSSR count). The molecule has 0 aliphatic rings. The number of rotatable bonds is 6. The predicted octanol–water partition coefficient (Wildman–Crippen LogP) is 12.2. The zero-order valence-corrected chi connectivity index (χ0v) is 25.0. The fraction of sp³-hybridized carbons (Fsp3) is 0. The summed E-state index contributed by atoms with van der Waals surface area (Å²) in [5.41, 5.74) is 0. The van der Waals surface area contributed by atoms with Gasteiger partial charge in [-0.05, 0) is 72.8 Å². The highest BCUT2D eigenvalue weighted by atomic mass is 35.7. The standard InChI is InChI=1S/2C18H15ClS/c2*19-20(16-10-4-1-5-11-16,17-12-6-2-7-13-17)18-14-8-3-9-15-18/h2*1-15H. The summed E-state index contributed by atoms with van der Waals surface area (Å²) in [5, 5.41) is 0. The van der Waals surface area contributed by atoms with Crippen molar-refractivity contribution >= 4 is 39.8 Å². The van der Waals surface area contributed by atoms with Gasteiger partial charge in [0.1, 0.15) is 0 Å². The van der Waals surface area contributed by atoms with Gasteiger partial charge in [-0.25, -0.2) is 0 Å². The van der Waals surface area contributed by atoms with Gasteiger partial charge < -0.3 is 0 Å². The Hall–Kier alpha value is -3.40. The van der Waals surface area contributed by atoms with Crippen molar-refractivity contribution in [1.82, 2.24) is 0 Å². The lowest BCUT2D eigenvalue weighted by Crippen LogP contribution is -1.96. The molecule has 0 aliphatic heterocycles. The second kappa shape index (κ2) is 13.3. The minimum atomic E-state index is -1.70. The summed E-state index contributed by atoms with van der Waals surface area (Å²) in [6.07, 6.45) is 0. The van der Waals surface area contributed by atoms with Crippen LogP contribution in [-0.2, 0) is 0 Å². The molecule has 40 heavy (non-hydrogen) atoms. The summed E-state index contributed by atoms with van der Waals surface area (Å²) in [4.78, 5) is 6.99. The van der Waals surface area contributed by atoms with Gasteiger partial charge in [0.2, 0.25) is 0 Å². The van der Waals surface area contributed by atoms with Crippen LogP contribution in [-0.4, -0.2) is 0 Å². The summed E-state index contributed by atoms with van der Waals surface area (Å²) in [7, 11) is 11.0. The first-order valence-electron chi connectivity index (χ1n) is 13.0. The van der Waals surface area contributed by atoms with Crippen LogP contribution < -0.4 is 0 Å². The first kappa shape index (κ1) is 28.1. The Labute approximate surface area is 249 Å². The SMILES string of the molecule is ClS(c1ccccc1)(c1ccccc1)c1ccccc1.ClS(c1ccccc1)(c1ccccc1)c1ccccc1. The van der Waals surface area contributed by atoms with Gasteiger partial charge in [0.05, 0.1) is 0 Å². The highest BCUT2D eigenvalue weighted by Gasteiger charge is 2.29. The molecule has 0 aliphatic carbocycles. The Kier molecular flexibility index (Phi) is 9.36. The van der Waals surface area contributed by atoms with Gasteiger partial charge in [-0.3, -0.25) is 0 Å². The molecule has 0 radical (unpaired) electrons. The topological polar surface area (TPSA) is 0 Å². The lowest BCUT2D eigenvalue weighted by atomic mass is 10.4. The van der Waals surface area contributed by atoms with E-state index in [0.717, 1.165) is 0 Å². The molecule has 0 heterocycles. The fourth-order valence-electron chi connectivity index (χ4n) is 4.46. The maximum atomic E-state index is 7.20. The van der Waals surface area contributed by atoms with Crippen LogP contribution >= 0.6 is 39.8 Å². The Morgan fingerprint density at radius 2 is 0.350 bits per heavy atom. The molecular formula is C36H30Cl2S2. The highest BCUT2D eigenvalue weighted by molar-refractivity contribution is 8.51. The molecule has 200 valence electrons. The number of hydrogen-bond acceptors (Lipinski definition) is 0. The van der Waals surface area contributed by atoms with Crippen LogP contribution in [0, 0.1) is 0 Å². The molecule has 0 atom stereocenters. The lowest BCUT2D eigenvalue weighted by molar-refractivity contribution is 1.32. The Balaban J connectivity index is 0.000000161.